The van der Waals surface area contributed by atoms with Gasteiger partial charge in [0, 0.05) is 6.20 Å². The van der Waals surface area contributed by atoms with Crippen molar-refractivity contribution in [3.8, 4) is 11.8 Å². The van der Waals surface area contributed by atoms with E-state index in [-0.39, 0.29) is 10.6 Å². The van der Waals surface area contributed by atoms with Crippen LogP contribution in [0.2, 0.25) is 10.0 Å². The molecule has 0 atom stereocenters. The van der Waals surface area contributed by atoms with E-state index in [1.54, 1.807) is 36.4 Å². The van der Waals surface area contributed by atoms with Crippen molar-refractivity contribution in [1.82, 2.24) is 0 Å². The lowest BCUT2D eigenvalue weighted by Gasteiger charge is -2.09. The molecule has 1 amide bonds. The van der Waals surface area contributed by atoms with Gasteiger partial charge in [0.1, 0.15) is 17.4 Å². The first kappa shape index (κ1) is 17.7. The molecule has 0 aliphatic heterocycles. The van der Waals surface area contributed by atoms with Gasteiger partial charge in [-0.2, -0.15) is 5.26 Å². The molecule has 0 aliphatic carbocycles. The number of para-hydroxylation sites is 2. The molecule has 0 saturated carbocycles. The van der Waals surface area contributed by atoms with Gasteiger partial charge >= 0.3 is 0 Å². The Morgan fingerprint density at radius 2 is 1.88 bits per heavy atom. The number of methoxy groups -OCH3 is 1. The van der Waals surface area contributed by atoms with Crippen molar-refractivity contribution in [2.45, 2.75) is 0 Å². The van der Waals surface area contributed by atoms with Crippen molar-refractivity contribution in [1.29, 1.82) is 5.26 Å². The summed E-state index contributed by atoms with van der Waals surface area (Å²) in [6, 6.07) is 13.8. The Labute approximate surface area is 149 Å². The van der Waals surface area contributed by atoms with Crippen LogP contribution in [0.25, 0.3) is 0 Å². The molecule has 2 rings (SSSR count). The predicted molar refractivity (Wildman–Crippen MR) is 95.4 cm³/mol. The minimum absolute atomic E-state index is 0.128. The average molecular weight is 362 g/mol. The number of carbonyl (C=O) groups is 1. The molecule has 7 heteroatoms. The molecule has 0 aromatic heterocycles. The molecule has 0 spiro atoms. The van der Waals surface area contributed by atoms with Gasteiger partial charge in [0.25, 0.3) is 5.91 Å². The van der Waals surface area contributed by atoms with Crippen LogP contribution in [0.3, 0.4) is 0 Å². The predicted octanol–water partition coefficient (Wildman–Crippen LogP) is 4.46. The minimum atomic E-state index is -0.607. The van der Waals surface area contributed by atoms with E-state index in [1.165, 1.54) is 13.3 Å². The molecule has 0 fully saturated rings. The van der Waals surface area contributed by atoms with Crippen LogP contribution in [0.4, 0.5) is 11.4 Å². The number of ether oxygens (including phenoxy) is 1. The van der Waals surface area contributed by atoms with Crippen molar-refractivity contribution in [3.05, 3.63) is 64.3 Å². The van der Waals surface area contributed by atoms with Crippen LogP contribution in [0.15, 0.2) is 54.2 Å². The molecule has 0 bridgehead atoms. The van der Waals surface area contributed by atoms with Crippen molar-refractivity contribution in [3.63, 3.8) is 0 Å². The summed E-state index contributed by atoms with van der Waals surface area (Å²) >= 11 is 11.9. The molecule has 2 aromatic rings. The number of nitrogens with one attached hydrogen (secondary N) is 2. The van der Waals surface area contributed by atoms with Gasteiger partial charge in [-0.1, -0.05) is 41.4 Å². The summed E-state index contributed by atoms with van der Waals surface area (Å²) in [5, 5.41) is 15.1. The largest absolute Gasteiger partial charge is 0.495 e. The highest BCUT2D eigenvalue weighted by Gasteiger charge is 2.13. The van der Waals surface area contributed by atoms with Crippen LogP contribution in [-0.4, -0.2) is 13.0 Å². The van der Waals surface area contributed by atoms with E-state index in [4.69, 9.17) is 27.9 Å². The van der Waals surface area contributed by atoms with E-state index >= 15 is 0 Å². The van der Waals surface area contributed by atoms with Crippen LogP contribution in [0.5, 0.6) is 5.75 Å². The Morgan fingerprint density at radius 3 is 2.58 bits per heavy atom. The number of anilines is 2. The third-order valence-corrected chi connectivity index (χ3v) is 3.86. The Balaban J connectivity index is 2.17. The van der Waals surface area contributed by atoms with Crippen LogP contribution in [0.1, 0.15) is 0 Å². The number of halogens is 2. The lowest BCUT2D eigenvalue weighted by atomic mass is 10.2. The van der Waals surface area contributed by atoms with Gasteiger partial charge in [0.05, 0.1) is 28.5 Å². The van der Waals surface area contributed by atoms with Crippen LogP contribution in [-0.2, 0) is 4.79 Å². The molecule has 122 valence electrons. The van der Waals surface area contributed by atoms with Gasteiger partial charge in [-0.05, 0) is 24.3 Å². The zero-order valence-electron chi connectivity index (χ0n) is 12.6. The number of hydrogen-bond acceptors (Lipinski definition) is 4. The van der Waals surface area contributed by atoms with E-state index in [2.05, 4.69) is 10.6 Å². The lowest BCUT2D eigenvalue weighted by Crippen LogP contribution is -2.15. The van der Waals surface area contributed by atoms with Crippen molar-refractivity contribution in [2.24, 2.45) is 0 Å². The standard InChI is InChI=1S/C17H13Cl2N3O2/c1-24-15-8-3-2-6-13(15)21-10-11(9-20)17(23)22-14-7-4-5-12(18)16(14)19/h2-8,10,21H,1H3,(H,22,23)/b11-10-. The third-order valence-electron chi connectivity index (χ3n) is 3.04. The maximum Gasteiger partial charge on any atom is 0.267 e. The topological polar surface area (TPSA) is 74.1 Å². The summed E-state index contributed by atoms with van der Waals surface area (Å²) in [4.78, 5) is 12.2. The van der Waals surface area contributed by atoms with Gasteiger partial charge < -0.3 is 15.4 Å². The van der Waals surface area contributed by atoms with Gasteiger partial charge in [-0.15, -0.1) is 0 Å². The van der Waals surface area contributed by atoms with Crippen LogP contribution in [0, 0.1) is 11.3 Å². The summed E-state index contributed by atoms with van der Waals surface area (Å²) < 4.78 is 5.19. The summed E-state index contributed by atoms with van der Waals surface area (Å²) in [5.74, 6) is -0.0200. The maximum absolute atomic E-state index is 12.2. The van der Waals surface area contributed by atoms with Crippen molar-refractivity contribution in [2.75, 3.05) is 17.7 Å². The first-order chi connectivity index (χ1) is 11.6. The Bertz CT molecular complexity index is 829. The second-order valence-electron chi connectivity index (χ2n) is 4.57. The monoisotopic (exact) mass is 361 g/mol. The number of amides is 1. The van der Waals surface area contributed by atoms with E-state index in [0.717, 1.165) is 0 Å². The quantitative estimate of drug-likeness (QED) is 0.608. The highest BCUT2D eigenvalue weighted by Crippen LogP contribution is 2.29. The lowest BCUT2D eigenvalue weighted by molar-refractivity contribution is -0.112. The normalized spacial score (nSPS) is 10.7. The molecular weight excluding hydrogens is 349 g/mol. The first-order valence-corrected chi connectivity index (χ1v) is 7.57. The zero-order valence-corrected chi connectivity index (χ0v) is 14.2. The van der Waals surface area contributed by atoms with Gasteiger partial charge in [0.2, 0.25) is 0 Å². The third kappa shape index (κ3) is 4.19. The number of nitrogens with zero attached hydrogens (tertiary/aromatic N) is 1. The molecule has 2 N–H and O–H groups in total. The van der Waals surface area contributed by atoms with Crippen LogP contribution < -0.4 is 15.4 Å². The number of hydrogen-bond donors (Lipinski definition) is 2. The Kier molecular flexibility index (Phi) is 6.07. The van der Waals surface area contributed by atoms with E-state index in [9.17, 15) is 10.1 Å². The van der Waals surface area contributed by atoms with Gasteiger partial charge in [0.15, 0.2) is 0 Å². The molecule has 0 aliphatic rings. The molecule has 0 unspecified atom stereocenters. The van der Waals surface area contributed by atoms with E-state index < -0.39 is 5.91 Å². The number of rotatable bonds is 5. The molecule has 5 nitrogen and oxygen atoms in total. The summed E-state index contributed by atoms with van der Waals surface area (Å²) in [6.45, 7) is 0. The smallest absolute Gasteiger partial charge is 0.267 e. The maximum atomic E-state index is 12.2. The van der Waals surface area contributed by atoms with Gasteiger partial charge in [-0.3, -0.25) is 4.79 Å². The fourth-order valence-corrected chi connectivity index (χ4v) is 2.20. The zero-order chi connectivity index (χ0) is 17.5. The van der Waals surface area contributed by atoms with Gasteiger partial charge in [-0.25, -0.2) is 0 Å². The van der Waals surface area contributed by atoms with E-state index in [0.29, 0.717) is 22.1 Å². The Hall–Kier alpha value is -2.68. The summed E-state index contributed by atoms with van der Waals surface area (Å²) in [7, 11) is 1.53. The fourth-order valence-electron chi connectivity index (χ4n) is 1.85. The average Bonchev–Trinajstić information content (AvgIpc) is 2.60. The van der Waals surface area contributed by atoms with Crippen molar-refractivity contribution < 1.29 is 9.53 Å². The fraction of sp³-hybridized carbons (Fsp3) is 0.0588. The molecule has 2 aromatic carbocycles. The molecule has 0 radical (unpaired) electrons. The van der Waals surface area contributed by atoms with Crippen molar-refractivity contribution >= 4 is 40.5 Å². The van der Waals surface area contributed by atoms with E-state index in [1.807, 2.05) is 12.1 Å². The second-order valence-corrected chi connectivity index (χ2v) is 5.36. The molecule has 24 heavy (non-hydrogen) atoms. The SMILES string of the molecule is COc1ccccc1N/C=C(/C#N)C(=O)Nc1cccc(Cl)c1Cl. The first-order valence-electron chi connectivity index (χ1n) is 6.82. The second kappa shape index (κ2) is 8.25. The number of carbonyl (C=O) groups excluding carboxylic acids is 1. The summed E-state index contributed by atoms with van der Waals surface area (Å²) in [6.07, 6.45) is 1.30. The molecular formula is C17H13Cl2N3O2. The van der Waals surface area contributed by atoms with Crippen LogP contribution >= 0.6 is 23.2 Å². The summed E-state index contributed by atoms with van der Waals surface area (Å²) in [5.41, 5.74) is 0.825. The number of nitriles is 1. The Morgan fingerprint density at radius 1 is 1.17 bits per heavy atom. The highest BCUT2D eigenvalue weighted by molar-refractivity contribution is 6.44. The molecule has 0 heterocycles. The molecule has 0 saturated heterocycles. The minimum Gasteiger partial charge on any atom is -0.495 e. The number of benzene rings is 2. The highest BCUT2D eigenvalue weighted by atomic mass is 35.5.